The van der Waals surface area contributed by atoms with E-state index in [1.165, 1.54) is 0 Å². The summed E-state index contributed by atoms with van der Waals surface area (Å²) in [7, 11) is 2.03. The van der Waals surface area contributed by atoms with Gasteiger partial charge >= 0.3 is 0 Å². The SMILES string of the molecule is CC1CN(C)CC(C)N1F. The van der Waals surface area contributed by atoms with Gasteiger partial charge in [0.1, 0.15) is 0 Å². The minimum absolute atomic E-state index is 0.0498. The average Bonchev–Trinajstić information content (AvgIpc) is 1.82. The molecule has 1 rings (SSSR count). The van der Waals surface area contributed by atoms with Gasteiger partial charge in [0.2, 0.25) is 0 Å². The largest absolute Gasteiger partial charge is 0.303 e. The molecule has 2 unspecified atom stereocenters. The maximum Gasteiger partial charge on any atom is 0.0504 e. The van der Waals surface area contributed by atoms with Crippen LogP contribution in [0.5, 0.6) is 0 Å². The number of likely N-dealkylation sites (N-methyl/N-ethyl adjacent to an activating group) is 1. The second-order valence-electron chi connectivity index (χ2n) is 3.26. The van der Waals surface area contributed by atoms with Crippen LogP contribution in [0.15, 0.2) is 0 Å². The lowest BCUT2D eigenvalue weighted by Crippen LogP contribution is -2.51. The van der Waals surface area contributed by atoms with Gasteiger partial charge in [0, 0.05) is 13.1 Å². The lowest BCUT2D eigenvalue weighted by atomic mass is 10.1. The van der Waals surface area contributed by atoms with E-state index in [1.54, 1.807) is 0 Å². The molecule has 1 heterocycles. The van der Waals surface area contributed by atoms with Crippen LogP contribution in [-0.4, -0.2) is 42.2 Å². The summed E-state index contributed by atoms with van der Waals surface area (Å²) in [6.45, 7) is 5.49. The maximum absolute atomic E-state index is 13.0. The predicted octanol–water partition coefficient (Wildman–Crippen LogP) is 0.895. The Morgan fingerprint density at radius 2 is 1.60 bits per heavy atom. The van der Waals surface area contributed by atoms with Gasteiger partial charge in [0.25, 0.3) is 0 Å². The number of rotatable bonds is 0. The summed E-state index contributed by atoms with van der Waals surface area (Å²) in [5, 5.41) is 0.944. The lowest BCUT2D eigenvalue weighted by molar-refractivity contribution is -0.0947. The molecule has 0 aromatic heterocycles. The highest BCUT2D eigenvalue weighted by Gasteiger charge is 2.27. The van der Waals surface area contributed by atoms with Gasteiger partial charge in [-0.25, -0.2) is 0 Å². The molecule has 0 amide bonds. The molecular formula is C7H15FN2. The molecule has 0 spiro atoms. The molecule has 0 radical (unpaired) electrons. The topological polar surface area (TPSA) is 6.48 Å². The minimum Gasteiger partial charge on any atom is -0.303 e. The standard InChI is InChI=1S/C7H15FN2/c1-6-4-9(3)5-7(2)10(6)8/h6-7H,4-5H2,1-3H3. The summed E-state index contributed by atoms with van der Waals surface area (Å²) in [5.41, 5.74) is 0. The molecule has 0 N–H and O–H groups in total. The first-order valence-electron chi connectivity index (χ1n) is 3.74. The van der Waals surface area contributed by atoms with E-state index in [0.29, 0.717) is 0 Å². The Morgan fingerprint density at radius 1 is 1.20 bits per heavy atom. The fourth-order valence-electron chi connectivity index (χ4n) is 1.57. The van der Waals surface area contributed by atoms with E-state index in [-0.39, 0.29) is 12.1 Å². The number of nitrogens with zero attached hydrogens (tertiary/aromatic N) is 2. The van der Waals surface area contributed by atoms with Crippen molar-refractivity contribution in [2.75, 3.05) is 20.1 Å². The molecule has 1 aliphatic heterocycles. The number of hydrogen-bond donors (Lipinski definition) is 0. The zero-order chi connectivity index (χ0) is 7.72. The summed E-state index contributed by atoms with van der Waals surface area (Å²) in [6.07, 6.45) is 0. The van der Waals surface area contributed by atoms with Crippen LogP contribution in [0.3, 0.4) is 0 Å². The van der Waals surface area contributed by atoms with E-state index in [2.05, 4.69) is 4.90 Å². The van der Waals surface area contributed by atoms with E-state index in [9.17, 15) is 4.48 Å². The minimum atomic E-state index is 0.0498. The van der Waals surface area contributed by atoms with E-state index in [4.69, 9.17) is 0 Å². The molecule has 0 aromatic rings. The molecule has 0 aromatic carbocycles. The number of hydrogen-bond acceptors (Lipinski definition) is 2. The van der Waals surface area contributed by atoms with Crippen molar-refractivity contribution in [1.82, 2.24) is 10.0 Å². The first kappa shape index (κ1) is 7.95. The fraction of sp³-hybridized carbons (Fsp3) is 1.00. The summed E-state index contributed by atoms with van der Waals surface area (Å²) in [4.78, 5) is 2.16. The number of halogens is 1. The maximum atomic E-state index is 13.0. The Hall–Kier alpha value is -0.150. The van der Waals surface area contributed by atoms with Crippen LogP contribution in [0.1, 0.15) is 13.8 Å². The molecule has 10 heavy (non-hydrogen) atoms. The van der Waals surface area contributed by atoms with Gasteiger partial charge in [-0.05, 0) is 20.9 Å². The fourth-order valence-corrected chi connectivity index (χ4v) is 1.57. The molecule has 0 bridgehead atoms. The highest BCUT2D eigenvalue weighted by Crippen LogP contribution is 2.13. The monoisotopic (exact) mass is 146 g/mol. The van der Waals surface area contributed by atoms with Crippen molar-refractivity contribution in [3.8, 4) is 0 Å². The van der Waals surface area contributed by atoms with Crippen LogP contribution in [0, 0.1) is 0 Å². The summed E-state index contributed by atoms with van der Waals surface area (Å²) < 4.78 is 13.0. The van der Waals surface area contributed by atoms with Crippen LogP contribution < -0.4 is 0 Å². The van der Waals surface area contributed by atoms with E-state index < -0.39 is 0 Å². The van der Waals surface area contributed by atoms with Gasteiger partial charge in [-0.3, -0.25) is 0 Å². The molecular weight excluding hydrogens is 131 g/mol. The molecule has 1 fully saturated rings. The van der Waals surface area contributed by atoms with Crippen molar-refractivity contribution in [3.05, 3.63) is 0 Å². The van der Waals surface area contributed by atoms with Crippen molar-refractivity contribution >= 4 is 0 Å². The average molecular weight is 146 g/mol. The zero-order valence-electron chi connectivity index (χ0n) is 6.84. The molecule has 60 valence electrons. The van der Waals surface area contributed by atoms with Crippen LogP contribution in [0.4, 0.5) is 4.48 Å². The third kappa shape index (κ3) is 1.47. The van der Waals surface area contributed by atoms with E-state index in [1.807, 2.05) is 20.9 Å². The van der Waals surface area contributed by atoms with Crippen molar-refractivity contribution in [1.29, 1.82) is 0 Å². The third-order valence-electron chi connectivity index (χ3n) is 1.99. The Balaban J connectivity index is 2.49. The molecule has 0 saturated carbocycles. The number of piperazine rings is 1. The summed E-state index contributed by atoms with van der Waals surface area (Å²) in [5.74, 6) is 0. The van der Waals surface area contributed by atoms with E-state index >= 15 is 0 Å². The van der Waals surface area contributed by atoms with Gasteiger partial charge in [0.15, 0.2) is 0 Å². The second-order valence-corrected chi connectivity index (χ2v) is 3.26. The molecule has 1 saturated heterocycles. The summed E-state index contributed by atoms with van der Waals surface area (Å²) in [6, 6.07) is 0.0995. The first-order valence-corrected chi connectivity index (χ1v) is 3.74. The summed E-state index contributed by atoms with van der Waals surface area (Å²) >= 11 is 0. The van der Waals surface area contributed by atoms with Crippen molar-refractivity contribution in [2.24, 2.45) is 0 Å². The van der Waals surface area contributed by atoms with Gasteiger partial charge < -0.3 is 4.90 Å². The molecule has 3 heteroatoms. The van der Waals surface area contributed by atoms with Crippen LogP contribution in [-0.2, 0) is 0 Å². The Labute approximate surface area is 61.5 Å². The van der Waals surface area contributed by atoms with E-state index in [0.717, 1.165) is 18.2 Å². The van der Waals surface area contributed by atoms with Gasteiger partial charge in [-0.15, -0.1) is 9.60 Å². The molecule has 0 aliphatic carbocycles. The second kappa shape index (κ2) is 2.84. The Morgan fingerprint density at radius 3 is 2.00 bits per heavy atom. The third-order valence-corrected chi connectivity index (χ3v) is 1.99. The first-order chi connectivity index (χ1) is 4.61. The van der Waals surface area contributed by atoms with Gasteiger partial charge in [-0.1, -0.05) is 0 Å². The van der Waals surface area contributed by atoms with Crippen LogP contribution >= 0.6 is 0 Å². The zero-order valence-corrected chi connectivity index (χ0v) is 6.84. The van der Waals surface area contributed by atoms with Gasteiger partial charge in [-0.2, -0.15) is 0 Å². The highest BCUT2D eigenvalue weighted by molar-refractivity contribution is 4.77. The quantitative estimate of drug-likeness (QED) is 0.468. The lowest BCUT2D eigenvalue weighted by Gasteiger charge is -2.36. The van der Waals surface area contributed by atoms with Crippen molar-refractivity contribution in [3.63, 3.8) is 0 Å². The molecule has 1 aliphatic rings. The molecule has 2 atom stereocenters. The highest BCUT2D eigenvalue weighted by atomic mass is 19.2. The van der Waals surface area contributed by atoms with Crippen molar-refractivity contribution in [2.45, 2.75) is 25.9 Å². The van der Waals surface area contributed by atoms with Crippen molar-refractivity contribution < 1.29 is 4.48 Å². The van der Waals surface area contributed by atoms with Gasteiger partial charge in [0.05, 0.1) is 12.1 Å². The molecule has 2 nitrogen and oxygen atoms in total. The van der Waals surface area contributed by atoms with Crippen LogP contribution in [0.25, 0.3) is 0 Å². The van der Waals surface area contributed by atoms with Crippen LogP contribution in [0.2, 0.25) is 0 Å². The Kier molecular flexibility index (Phi) is 2.26. The Bertz CT molecular complexity index is 106. The smallest absolute Gasteiger partial charge is 0.0504 e. The normalized spacial score (nSPS) is 38.4. The predicted molar refractivity (Wildman–Crippen MR) is 39.4 cm³/mol.